The van der Waals surface area contributed by atoms with Crippen molar-refractivity contribution < 1.29 is 9.59 Å². The molecule has 3 rings (SSSR count). The lowest BCUT2D eigenvalue weighted by molar-refractivity contribution is -0.135. The fourth-order valence-corrected chi connectivity index (χ4v) is 3.32. The number of benzene rings is 1. The molecule has 1 aliphatic rings. The van der Waals surface area contributed by atoms with Crippen molar-refractivity contribution in [2.75, 3.05) is 40.8 Å². The van der Waals surface area contributed by atoms with Crippen molar-refractivity contribution in [3.63, 3.8) is 0 Å². The minimum atomic E-state index is -0.263. The second-order valence-corrected chi connectivity index (χ2v) is 7.38. The van der Waals surface area contributed by atoms with Gasteiger partial charge in [0.05, 0.1) is 23.9 Å². The average Bonchev–Trinajstić information content (AvgIpc) is 3.26. The van der Waals surface area contributed by atoms with Crippen molar-refractivity contribution in [3.8, 4) is 11.3 Å². The Morgan fingerprint density at radius 3 is 2.70 bits per heavy atom. The Hall–Kier alpha value is -2.67. The van der Waals surface area contributed by atoms with E-state index in [0.717, 1.165) is 23.5 Å². The predicted octanol–water partition coefficient (Wildman–Crippen LogP) is 1.45. The van der Waals surface area contributed by atoms with Gasteiger partial charge in [0, 0.05) is 38.7 Å². The topological polar surface area (TPSA) is 72.5 Å². The lowest BCUT2D eigenvalue weighted by atomic mass is 10.1. The smallest absolute Gasteiger partial charge is 0.228 e. The maximum absolute atomic E-state index is 12.8. The Morgan fingerprint density at radius 2 is 2.00 bits per heavy atom. The van der Waals surface area contributed by atoms with Crippen LogP contribution in [-0.2, 0) is 16.1 Å². The summed E-state index contributed by atoms with van der Waals surface area (Å²) in [7, 11) is 5.73. The average molecular weight is 369 g/mol. The summed E-state index contributed by atoms with van der Waals surface area (Å²) in [6.07, 6.45) is 0.300. The molecule has 0 spiro atoms. The van der Waals surface area contributed by atoms with E-state index in [-0.39, 0.29) is 17.7 Å². The number of hydrogen-bond acceptors (Lipinski definition) is 4. The highest BCUT2D eigenvalue weighted by molar-refractivity contribution is 5.89. The molecule has 1 N–H and O–H groups in total. The summed E-state index contributed by atoms with van der Waals surface area (Å²) in [5, 5.41) is 7.34. The number of amides is 2. The van der Waals surface area contributed by atoms with E-state index in [1.54, 1.807) is 16.8 Å². The highest BCUT2D eigenvalue weighted by atomic mass is 16.2. The van der Waals surface area contributed by atoms with Crippen LogP contribution in [-0.4, -0.2) is 77.5 Å². The number of hydrogen-bond donors (Lipinski definition) is 1. The Labute approximate surface area is 159 Å². The van der Waals surface area contributed by atoms with E-state index in [1.807, 2.05) is 55.4 Å². The number of nitrogens with one attached hydrogen (secondary N) is 1. The van der Waals surface area contributed by atoms with Crippen LogP contribution in [0.25, 0.3) is 11.3 Å². The van der Waals surface area contributed by atoms with Gasteiger partial charge in [-0.1, -0.05) is 30.3 Å². The minimum absolute atomic E-state index is 0.00608. The largest absolute Gasteiger partial charge is 0.341 e. The molecular weight excluding hydrogens is 342 g/mol. The van der Waals surface area contributed by atoms with Crippen LogP contribution in [0, 0.1) is 5.92 Å². The molecular formula is C20H27N5O2. The second-order valence-electron chi connectivity index (χ2n) is 7.38. The van der Waals surface area contributed by atoms with Gasteiger partial charge in [-0.05, 0) is 20.2 Å². The molecule has 0 aliphatic carbocycles. The Balaban J connectivity index is 1.57. The summed E-state index contributed by atoms with van der Waals surface area (Å²) in [6, 6.07) is 11.9. The van der Waals surface area contributed by atoms with Gasteiger partial charge in [-0.25, -0.2) is 0 Å². The molecule has 27 heavy (non-hydrogen) atoms. The van der Waals surface area contributed by atoms with E-state index in [2.05, 4.69) is 10.2 Å². The molecule has 1 saturated heterocycles. The number of H-pyrrole nitrogens is 1. The highest BCUT2D eigenvalue weighted by Crippen LogP contribution is 2.21. The number of aromatic amines is 1. The number of carbonyl (C=O) groups excluding carboxylic acids is 2. The lowest BCUT2D eigenvalue weighted by Gasteiger charge is -2.21. The van der Waals surface area contributed by atoms with Crippen LogP contribution in [0.15, 0.2) is 36.4 Å². The summed E-state index contributed by atoms with van der Waals surface area (Å²) in [5.74, 6) is -0.191. The molecule has 1 unspecified atom stereocenters. The van der Waals surface area contributed by atoms with Crippen molar-refractivity contribution in [1.82, 2.24) is 24.9 Å². The van der Waals surface area contributed by atoms with Gasteiger partial charge in [-0.15, -0.1) is 0 Å². The van der Waals surface area contributed by atoms with Gasteiger partial charge in [0.15, 0.2) is 0 Å². The van der Waals surface area contributed by atoms with Gasteiger partial charge in [-0.3, -0.25) is 14.7 Å². The second kappa shape index (κ2) is 8.35. The molecule has 0 radical (unpaired) electrons. The van der Waals surface area contributed by atoms with E-state index < -0.39 is 0 Å². The van der Waals surface area contributed by atoms with E-state index in [9.17, 15) is 9.59 Å². The Bertz CT molecular complexity index is 787. The standard InChI is InChI=1S/C20H27N5O2/c1-23(2)9-10-25-13-16(11-19(25)26)20(27)24(3)14-17-12-18(22-21-17)15-7-5-4-6-8-15/h4-8,12,16H,9-11,13-14H2,1-3H3,(H,21,22). The fourth-order valence-electron chi connectivity index (χ4n) is 3.32. The predicted molar refractivity (Wildman–Crippen MR) is 104 cm³/mol. The first kappa shape index (κ1) is 19.1. The van der Waals surface area contributed by atoms with Crippen molar-refractivity contribution in [2.24, 2.45) is 5.92 Å². The van der Waals surface area contributed by atoms with Crippen LogP contribution >= 0.6 is 0 Å². The number of carbonyl (C=O) groups is 2. The Morgan fingerprint density at radius 1 is 1.26 bits per heavy atom. The minimum Gasteiger partial charge on any atom is -0.341 e. The fraction of sp³-hybridized carbons (Fsp3) is 0.450. The molecule has 2 amide bonds. The Kier molecular flexibility index (Phi) is 5.91. The third-order valence-electron chi connectivity index (χ3n) is 4.87. The van der Waals surface area contributed by atoms with Crippen LogP contribution < -0.4 is 0 Å². The molecule has 1 atom stereocenters. The quantitative estimate of drug-likeness (QED) is 0.802. The van der Waals surface area contributed by atoms with Gasteiger partial charge >= 0.3 is 0 Å². The van der Waals surface area contributed by atoms with Crippen LogP contribution in [0.4, 0.5) is 0 Å². The maximum atomic E-state index is 12.8. The van der Waals surface area contributed by atoms with Crippen LogP contribution in [0.3, 0.4) is 0 Å². The monoisotopic (exact) mass is 369 g/mol. The van der Waals surface area contributed by atoms with E-state index in [1.165, 1.54) is 0 Å². The normalized spacial score (nSPS) is 17.0. The lowest BCUT2D eigenvalue weighted by Crippen LogP contribution is -2.36. The van der Waals surface area contributed by atoms with Gasteiger partial charge in [-0.2, -0.15) is 5.10 Å². The zero-order valence-corrected chi connectivity index (χ0v) is 16.2. The molecule has 144 valence electrons. The molecule has 1 aliphatic heterocycles. The molecule has 1 aromatic heterocycles. The van der Waals surface area contributed by atoms with Crippen LogP contribution in [0.2, 0.25) is 0 Å². The summed E-state index contributed by atoms with van der Waals surface area (Å²) in [6.45, 7) is 2.42. The summed E-state index contributed by atoms with van der Waals surface area (Å²) in [4.78, 5) is 30.4. The van der Waals surface area contributed by atoms with Crippen molar-refractivity contribution in [1.29, 1.82) is 0 Å². The maximum Gasteiger partial charge on any atom is 0.228 e. The van der Waals surface area contributed by atoms with Crippen molar-refractivity contribution in [2.45, 2.75) is 13.0 Å². The van der Waals surface area contributed by atoms with Gasteiger partial charge in [0.25, 0.3) is 0 Å². The first-order valence-corrected chi connectivity index (χ1v) is 9.21. The number of likely N-dealkylation sites (tertiary alicyclic amines) is 1. The molecule has 7 nitrogen and oxygen atoms in total. The van der Waals surface area contributed by atoms with E-state index in [0.29, 0.717) is 26.1 Å². The third-order valence-corrected chi connectivity index (χ3v) is 4.87. The molecule has 2 heterocycles. The van der Waals surface area contributed by atoms with E-state index >= 15 is 0 Å². The van der Waals surface area contributed by atoms with E-state index in [4.69, 9.17) is 0 Å². The molecule has 1 fully saturated rings. The summed E-state index contributed by atoms with van der Waals surface area (Å²) >= 11 is 0. The first-order chi connectivity index (χ1) is 12.9. The zero-order valence-electron chi connectivity index (χ0n) is 16.2. The van der Waals surface area contributed by atoms with Gasteiger partial charge in [0.1, 0.15) is 0 Å². The summed E-state index contributed by atoms with van der Waals surface area (Å²) < 4.78 is 0. The van der Waals surface area contributed by atoms with Crippen molar-refractivity contribution >= 4 is 11.8 Å². The molecule has 0 saturated carbocycles. The summed E-state index contributed by atoms with van der Waals surface area (Å²) in [5.41, 5.74) is 2.77. The molecule has 7 heteroatoms. The number of likely N-dealkylation sites (N-methyl/N-ethyl adjacent to an activating group) is 1. The SMILES string of the molecule is CN(C)CCN1CC(C(=O)N(C)Cc2cc(-c3ccccc3)n[nH]2)CC1=O. The molecule has 0 bridgehead atoms. The third kappa shape index (κ3) is 4.74. The number of aromatic nitrogens is 2. The molecule has 2 aromatic rings. The number of rotatable bonds is 7. The van der Waals surface area contributed by atoms with Gasteiger partial charge in [0.2, 0.25) is 11.8 Å². The zero-order chi connectivity index (χ0) is 19.4. The van der Waals surface area contributed by atoms with Crippen molar-refractivity contribution in [3.05, 3.63) is 42.1 Å². The highest BCUT2D eigenvalue weighted by Gasteiger charge is 2.35. The number of nitrogens with zero attached hydrogens (tertiary/aromatic N) is 4. The first-order valence-electron chi connectivity index (χ1n) is 9.21. The van der Waals surface area contributed by atoms with Crippen LogP contribution in [0.5, 0.6) is 0 Å². The van der Waals surface area contributed by atoms with Gasteiger partial charge < -0.3 is 14.7 Å². The van der Waals surface area contributed by atoms with Crippen LogP contribution in [0.1, 0.15) is 12.1 Å². The molecule has 1 aromatic carbocycles.